The molecule has 0 unspecified atom stereocenters. The molecule has 3 rings (SSSR count). The van der Waals surface area contributed by atoms with Crippen molar-refractivity contribution < 1.29 is 0 Å². The van der Waals surface area contributed by atoms with Crippen molar-refractivity contribution >= 4 is 21.4 Å². The van der Waals surface area contributed by atoms with Gasteiger partial charge in [0.1, 0.15) is 0 Å². The van der Waals surface area contributed by atoms with Crippen molar-refractivity contribution in [3.63, 3.8) is 0 Å². The third kappa shape index (κ3) is 2.87. The van der Waals surface area contributed by atoms with Crippen LogP contribution in [0.2, 0.25) is 0 Å². The van der Waals surface area contributed by atoms with Crippen LogP contribution in [0.15, 0.2) is 10.9 Å². The van der Waals surface area contributed by atoms with Crippen molar-refractivity contribution in [3.8, 4) is 0 Å². The van der Waals surface area contributed by atoms with E-state index in [9.17, 15) is 4.79 Å². The minimum absolute atomic E-state index is 0.119. The zero-order valence-corrected chi connectivity index (χ0v) is 14.2. The minimum atomic E-state index is -0.119. The van der Waals surface area contributed by atoms with Crippen LogP contribution in [-0.2, 0) is 0 Å². The maximum absolute atomic E-state index is 11.9. The molecule has 0 atom stereocenters. The summed E-state index contributed by atoms with van der Waals surface area (Å²) >= 11 is 1.44. The van der Waals surface area contributed by atoms with Gasteiger partial charge >= 0.3 is 0 Å². The molecule has 1 aliphatic carbocycles. The van der Waals surface area contributed by atoms with Crippen molar-refractivity contribution in [3.05, 3.63) is 22.1 Å². The first kappa shape index (κ1) is 15.4. The topological polar surface area (TPSA) is 62.5 Å². The molecule has 2 aromatic rings. The molecule has 0 spiro atoms. The number of hydrogen-bond acceptors (Lipinski definition) is 6. The van der Waals surface area contributed by atoms with Crippen LogP contribution in [0.3, 0.4) is 0 Å². The number of hydrogen-bond donors (Lipinski definition) is 1. The predicted molar refractivity (Wildman–Crippen MR) is 89.9 cm³/mol. The quantitative estimate of drug-likeness (QED) is 0.935. The van der Waals surface area contributed by atoms with E-state index < -0.39 is 0 Å². The molecule has 7 heteroatoms. The Morgan fingerprint density at radius 1 is 1.36 bits per heavy atom. The summed E-state index contributed by atoms with van der Waals surface area (Å²) in [6.45, 7) is 2.69. The molecule has 0 radical (unpaired) electrons. The highest BCUT2D eigenvalue weighted by molar-refractivity contribution is 7.20. The highest BCUT2D eigenvalue weighted by Gasteiger charge is 2.34. The van der Waals surface area contributed by atoms with E-state index >= 15 is 0 Å². The summed E-state index contributed by atoms with van der Waals surface area (Å²) in [5.41, 5.74) is 0.800. The van der Waals surface area contributed by atoms with Gasteiger partial charge in [0.2, 0.25) is 10.1 Å². The standard InChI is InChI=1S/C15H23N5OS/c1-11-9-12(21)20-14(17-11)22-13(18-20)16-10-15(19(2)3)7-5-4-6-8-15/h9H,4-8,10H2,1-3H3,(H,16,18). The van der Waals surface area contributed by atoms with E-state index in [1.807, 2.05) is 6.92 Å². The van der Waals surface area contributed by atoms with Crippen LogP contribution in [0, 0.1) is 6.92 Å². The van der Waals surface area contributed by atoms with Gasteiger partial charge in [-0.25, -0.2) is 4.98 Å². The number of anilines is 1. The van der Waals surface area contributed by atoms with Crippen LogP contribution in [-0.4, -0.2) is 45.7 Å². The molecule has 1 N–H and O–H groups in total. The predicted octanol–water partition coefficient (Wildman–Crippen LogP) is 2.14. The van der Waals surface area contributed by atoms with Crippen LogP contribution >= 0.6 is 11.3 Å². The Balaban J connectivity index is 1.81. The van der Waals surface area contributed by atoms with E-state index in [4.69, 9.17) is 0 Å². The Morgan fingerprint density at radius 3 is 2.77 bits per heavy atom. The molecule has 22 heavy (non-hydrogen) atoms. The van der Waals surface area contributed by atoms with Crippen molar-refractivity contribution in [2.45, 2.75) is 44.6 Å². The van der Waals surface area contributed by atoms with E-state index in [0.29, 0.717) is 4.96 Å². The summed E-state index contributed by atoms with van der Waals surface area (Å²) in [6.07, 6.45) is 6.29. The van der Waals surface area contributed by atoms with Gasteiger partial charge in [0.25, 0.3) is 5.56 Å². The number of aromatic nitrogens is 3. The average Bonchev–Trinajstić information content (AvgIpc) is 2.89. The lowest BCUT2D eigenvalue weighted by molar-refractivity contribution is 0.113. The molecule has 2 heterocycles. The Labute approximate surface area is 134 Å². The van der Waals surface area contributed by atoms with Crippen LogP contribution in [0.25, 0.3) is 4.96 Å². The van der Waals surface area contributed by atoms with Crippen molar-refractivity contribution in [1.82, 2.24) is 19.5 Å². The average molecular weight is 321 g/mol. The number of likely N-dealkylation sites (N-methyl/N-ethyl adjacent to an activating group) is 1. The fraction of sp³-hybridized carbons (Fsp3) is 0.667. The SMILES string of the molecule is Cc1cc(=O)n2nc(NCC3(N(C)C)CCCCC3)sc2n1. The van der Waals surface area contributed by atoms with Gasteiger partial charge in [-0.15, -0.1) is 5.10 Å². The molecule has 0 aliphatic heterocycles. The summed E-state index contributed by atoms with van der Waals surface area (Å²) in [5.74, 6) is 0. The third-order valence-corrected chi connectivity index (χ3v) is 5.54. The molecule has 1 aliphatic rings. The second-order valence-corrected chi connectivity index (χ2v) is 7.33. The van der Waals surface area contributed by atoms with Gasteiger partial charge in [-0.3, -0.25) is 4.79 Å². The highest BCUT2D eigenvalue weighted by atomic mass is 32.1. The Hall–Kier alpha value is -1.47. The molecule has 1 fully saturated rings. The number of rotatable bonds is 4. The number of nitrogens with one attached hydrogen (secondary N) is 1. The number of fused-ring (bicyclic) bond motifs is 1. The normalized spacial score (nSPS) is 18.0. The smallest absolute Gasteiger partial charge is 0.275 e. The first-order valence-electron chi connectivity index (χ1n) is 7.79. The molecule has 0 aromatic carbocycles. The Morgan fingerprint density at radius 2 is 2.09 bits per heavy atom. The third-order valence-electron chi connectivity index (χ3n) is 4.67. The van der Waals surface area contributed by atoms with Crippen LogP contribution in [0.5, 0.6) is 0 Å². The minimum Gasteiger partial charge on any atom is -0.358 e. The zero-order valence-electron chi connectivity index (χ0n) is 13.4. The number of aryl methyl sites for hydroxylation is 1. The van der Waals surface area contributed by atoms with Gasteiger partial charge in [-0.05, 0) is 33.9 Å². The molecule has 0 saturated heterocycles. The maximum atomic E-state index is 11.9. The number of nitrogens with zero attached hydrogens (tertiary/aromatic N) is 4. The first-order chi connectivity index (χ1) is 10.5. The molecule has 1 saturated carbocycles. The maximum Gasteiger partial charge on any atom is 0.275 e. The molecule has 0 amide bonds. The van der Waals surface area contributed by atoms with Gasteiger partial charge in [0.05, 0.1) is 0 Å². The van der Waals surface area contributed by atoms with Crippen LogP contribution < -0.4 is 10.9 Å². The largest absolute Gasteiger partial charge is 0.358 e. The van der Waals surface area contributed by atoms with Gasteiger partial charge in [0, 0.05) is 23.8 Å². The van der Waals surface area contributed by atoms with Crippen LogP contribution in [0.4, 0.5) is 5.13 Å². The van der Waals surface area contributed by atoms with Gasteiger partial charge in [-0.1, -0.05) is 30.6 Å². The second-order valence-electron chi connectivity index (χ2n) is 6.37. The fourth-order valence-corrected chi connectivity index (χ4v) is 4.07. The summed E-state index contributed by atoms with van der Waals surface area (Å²) in [6, 6.07) is 1.51. The molecule has 6 nitrogen and oxygen atoms in total. The highest BCUT2D eigenvalue weighted by Crippen LogP contribution is 2.32. The summed E-state index contributed by atoms with van der Waals surface area (Å²) < 4.78 is 1.38. The summed E-state index contributed by atoms with van der Waals surface area (Å²) in [5, 5.41) is 8.56. The van der Waals surface area contributed by atoms with E-state index in [1.54, 1.807) is 0 Å². The Bertz CT molecular complexity index is 714. The van der Waals surface area contributed by atoms with Gasteiger partial charge in [0.15, 0.2) is 0 Å². The fourth-order valence-electron chi connectivity index (χ4n) is 3.22. The zero-order chi connectivity index (χ0) is 15.7. The summed E-state index contributed by atoms with van der Waals surface area (Å²) in [7, 11) is 4.31. The lowest BCUT2D eigenvalue weighted by Crippen LogP contribution is -2.50. The summed E-state index contributed by atoms with van der Waals surface area (Å²) in [4.78, 5) is 19.3. The molecular formula is C15H23N5OS. The van der Waals surface area contributed by atoms with Crippen molar-refractivity contribution in [1.29, 1.82) is 0 Å². The first-order valence-corrected chi connectivity index (χ1v) is 8.61. The molecule has 120 valence electrons. The molecule has 0 bridgehead atoms. The monoisotopic (exact) mass is 321 g/mol. The van der Waals surface area contributed by atoms with E-state index in [1.165, 1.54) is 54.0 Å². The molecule has 2 aromatic heterocycles. The second kappa shape index (κ2) is 5.96. The van der Waals surface area contributed by atoms with Gasteiger partial charge in [-0.2, -0.15) is 4.52 Å². The van der Waals surface area contributed by atoms with Crippen molar-refractivity contribution in [2.24, 2.45) is 0 Å². The lowest BCUT2D eigenvalue weighted by Gasteiger charge is -2.43. The van der Waals surface area contributed by atoms with E-state index in [-0.39, 0.29) is 11.1 Å². The lowest BCUT2D eigenvalue weighted by atomic mass is 9.80. The van der Waals surface area contributed by atoms with E-state index in [2.05, 4.69) is 34.4 Å². The van der Waals surface area contributed by atoms with Crippen molar-refractivity contribution in [2.75, 3.05) is 26.0 Å². The van der Waals surface area contributed by atoms with Crippen LogP contribution in [0.1, 0.15) is 37.8 Å². The van der Waals surface area contributed by atoms with Gasteiger partial charge < -0.3 is 10.2 Å². The molecular weight excluding hydrogens is 298 g/mol. The van der Waals surface area contributed by atoms with E-state index in [0.717, 1.165) is 17.4 Å². The Kier molecular flexibility index (Phi) is 4.18.